The van der Waals surface area contributed by atoms with Gasteiger partial charge in [0.15, 0.2) is 0 Å². The van der Waals surface area contributed by atoms with Gasteiger partial charge in [0.25, 0.3) is 0 Å². The fourth-order valence-corrected chi connectivity index (χ4v) is 2.81. The lowest BCUT2D eigenvalue weighted by atomic mass is 9.99. The molecule has 0 saturated carbocycles. The van der Waals surface area contributed by atoms with Crippen molar-refractivity contribution in [3.05, 3.63) is 33.8 Å². The molecule has 1 saturated heterocycles. The lowest BCUT2D eigenvalue weighted by Gasteiger charge is -2.22. The molecule has 21 heavy (non-hydrogen) atoms. The van der Waals surface area contributed by atoms with Gasteiger partial charge in [0, 0.05) is 17.4 Å². The molecule has 1 fully saturated rings. The van der Waals surface area contributed by atoms with Crippen molar-refractivity contribution in [2.75, 3.05) is 19.6 Å². The maximum Gasteiger partial charge on any atom is 0.220 e. The van der Waals surface area contributed by atoms with E-state index in [0.717, 1.165) is 30.5 Å². The molecule has 1 aromatic carbocycles. The first kappa shape index (κ1) is 18.5. The summed E-state index contributed by atoms with van der Waals surface area (Å²) in [5.74, 6) is 0.763. The number of rotatable bonds is 5. The Bertz CT molecular complexity index is 462. The van der Waals surface area contributed by atoms with Crippen LogP contribution in [-0.2, 0) is 11.2 Å². The molecule has 0 spiro atoms. The molecule has 118 valence electrons. The Hall–Kier alpha value is -0.580. The van der Waals surface area contributed by atoms with Crippen molar-refractivity contribution in [1.82, 2.24) is 10.6 Å². The predicted molar refractivity (Wildman–Crippen MR) is 93.1 cm³/mol. The second kappa shape index (κ2) is 9.44. The molecule has 2 N–H and O–H groups in total. The second-order valence-electron chi connectivity index (χ2n) is 5.60. The Balaban J connectivity index is 0.00000220. The topological polar surface area (TPSA) is 41.1 Å². The zero-order chi connectivity index (χ0) is 14.4. The third-order valence-corrected chi connectivity index (χ3v) is 4.74. The Morgan fingerprint density at radius 1 is 1.48 bits per heavy atom. The number of carbonyl (C=O) groups is 1. The first-order valence-corrected chi connectivity index (χ1v) is 8.17. The van der Waals surface area contributed by atoms with Crippen molar-refractivity contribution in [1.29, 1.82) is 0 Å². The molecule has 0 radical (unpaired) electrons. The van der Waals surface area contributed by atoms with Crippen LogP contribution in [0.1, 0.15) is 30.4 Å². The minimum Gasteiger partial charge on any atom is -0.356 e. The van der Waals surface area contributed by atoms with Crippen LogP contribution >= 0.6 is 28.3 Å². The predicted octanol–water partition coefficient (Wildman–Crippen LogP) is 3.23. The van der Waals surface area contributed by atoms with E-state index in [0.29, 0.717) is 12.3 Å². The van der Waals surface area contributed by atoms with Crippen LogP contribution in [0.3, 0.4) is 0 Å². The average Bonchev–Trinajstić information content (AvgIpc) is 2.47. The number of aryl methyl sites for hydroxylation is 2. The molecule has 1 aliphatic heterocycles. The third kappa shape index (κ3) is 6.37. The maximum absolute atomic E-state index is 11.9. The van der Waals surface area contributed by atoms with Crippen molar-refractivity contribution < 1.29 is 4.79 Å². The van der Waals surface area contributed by atoms with Gasteiger partial charge in [0.2, 0.25) is 5.91 Å². The van der Waals surface area contributed by atoms with Crippen LogP contribution in [0.15, 0.2) is 22.7 Å². The van der Waals surface area contributed by atoms with E-state index in [1.165, 1.54) is 24.0 Å². The van der Waals surface area contributed by atoms with Gasteiger partial charge in [-0.3, -0.25) is 4.79 Å². The minimum absolute atomic E-state index is 0. The molecular weight excluding hydrogens is 352 g/mol. The van der Waals surface area contributed by atoms with Gasteiger partial charge in [-0.2, -0.15) is 0 Å². The smallest absolute Gasteiger partial charge is 0.220 e. The number of halogens is 2. The van der Waals surface area contributed by atoms with Crippen molar-refractivity contribution in [3.63, 3.8) is 0 Å². The van der Waals surface area contributed by atoms with E-state index in [-0.39, 0.29) is 18.3 Å². The molecule has 1 aromatic rings. The van der Waals surface area contributed by atoms with Crippen molar-refractivity contribution in [2.24, 2.45) is 5.92 Å². The highest BCUT2D eigenvalue weighted by Crippen LogP contribution is 2.18. The molecule has 5 heteroatoms. The number of nitrogens with one attached hydrogen (secondary N) is 2. The fraction of sp³-hybridized carbons (Fsp3) is 0.562. The van der Waals surface area contributed by atoms with Gasteiger partial charge in [-0.15, -0.1) is 12.4 Å². The maximum atomic E-state index is 11.9. The number of hydrogen-bond donors (Lipinski definition) is 2. The Kier molecular flexibility index (Phi) is 8.30. The SMILES string of the molecule is Cc1cc(CCC(=O)NCC2CCCNC2)ccc1Br.Cl. The molecule has 0 bridgehead atoms. The summed E-state index contributed by atoms with van der Waals surface area (Å²) in [6, 6.07) is 6.27. The summed E-state index contributed by atoms with van der Waals surface area (Å²) in [4.78, 5) is 11.9. The molecular formula is C16H24BrClN2O. The molecule has 0 aliphatic carbocycles. The molecule has 1 unspecified atom stereocenters. The highest BCUT2D eigenvalue weighted by Gasteiger charge is 2.13. The third-order valence-electron chi connectivity index (χ3n) is 3.85. The second-order valence-corrected chi connectivity index (χ2v) is 6.45. The summed E-state index contributed by atoms with van der Waals surface area (Å²) in [6.07, 6.45) is 3.82. The van der Waals surface area contributed by atoms with Crippen LogP contribution in [0.25, 0.3) is 0 Å². The fourth-order valence-electron chi connectivity index (χ4n) is 2.56. The van der Waals surface area contributed by atoms with E-state index in [9.17, 15) is 4.79 Å². The van der Waals surface area contributed by atoms with E-state index < -0.39 is 0 Å². The zero-order valence-corrected chi connectivity index (χ0v) is 14.9. The van der Waals surface area contributed by atoms with Gasteiger partial charge >= 0.3 is 0 Å². The highest BCUT2D eigenvalue weighted by molar-refractivity contribution is 9.10. The molecule has 1 atom stereocenters. The van der Waals surface area contributed by atoms with Gasteiger partial charge in [-0.05, 0) is 62.4 Å². The number of carbonyl (C=O) groups excluding carboxylic acids is 1. The summed E-state index contributed by atoms with van der Waals surface area (Å²) >= 11 is 3.49. The first-order chi connectivity index (χ1) is 9.65. The summed E-state index contributed by atoms with van der Waals surface area (Å²) in [5.41, 5.74) is 2.44. The molecule has 1 heterocycles. The Morgan fingerprint density at radius 3 is 2.95 bits per heavy atom. The van der Waals surface area contributed by atoms with Gasteiger partial charge in [0.1, 0.15) is 0 Å². The largest absolute Gasteiger partial charge is 0.356 e. The summed E-state index contributed by atoms with van der Waals surface area (Å²) < 4.78 is 1.12. The van der Waals surface area contributed by atoms with Crippen molar-refractivity contribution in [2.45, 2.75) is 32.6 Å². The molecule has 1 amide bonds. The normalized spacial score (nSPS) is 17.9. The average molecular weight is 376 g/mol. The Labute approximate surface area is 141 Å². The van der Waals surface area contributed by atoms with Gasteiger partial charge in [-0.1, -0.05) is 28.1 Å². The Morgan fingerprint density at radius 2 is 2.29 bits per heavy atom. The summed E-state index contributed by atoms with van der Waals surface area (Å²) in [5, 5.41) is 6.43. The standard InChI is InChI=1S/C16H23BrN2O.ClH/c1-12-9-13(4-6-15(12)17)5-7-16(20)19-11-14-3-2-8-18-10-14;/h4,6,9,14,18H,2-3,5,7-8,10-11H2,1H3,(H,19,20);1H. The van der Waals surface area contributed by atoms with E-state index in [4.69, 9.17) is 0 Å². The van der Waals surface area contributed by atoms with Crippen LogP contribution in [0, 0.1) is 12.8 Å². The minimum atomic E-state index is 0. The lowest BCUT2D eigenvalue weighted by Crippen LogP contribution is -2.38. The van der Waals surface area contributed by atoms with Gasteiger partial charge in [0.05, 0.1) is 0 Å². The van der Waals surface area contributed by atoms with Crippen LogP contribution in [0.2, 0.25) is 0 Å². The van der Waals surface area contributed by atoms with Crippen molar-refractivity contribution >= 4 is 34.2 Å². The van der Waals surface area contributed by atoms with E-state index in [1.807, 2.05) is 0 Å². The molecule has 0 aromatic heterocycles. The van der Waals surface area contributed by atoms with E-state index >= 15 is 0 Å². The quantitative estimate of drug-likeness (QED) is 0.829. The van der Waals surface area contributed by atoms with Gasteiger partial charge in [-0.25, -0.2) is 0 Å². The lowest BCUT2D eigenvalue weighted by molar-refractivity contribution is -0.121. The van der Waals surface area contributed by atoms with Crippen LogP contribution in [0.4, 0.5) is 0 Å². The summed E-state index contributed by atoms with van der Waals surface area (Å²) in [6.45, 7) is 5.04. The number of amides is 1. The summed E-state index contributed by atoms with van der Waals surface area (Å²) in [7, 11) is 0. The van der Waals surface area contributed by atoms with E-state index in [1.54, 1.807) is 0 Å². The molecule has 3 nitrogen and oxygen atoms in total. The van der Waals surface area contributed by atoms with Gasteiger partial charge < -0.3 is 10.6 Å². The van der Waals surface area contributed by atoms with Crippen LogP contribution < -0.4 is 10.6 Å². The number of piperidine rings is 1. The van der Waals surface area contributed by atoms with E-state index in [2.05, 4.69) is 51.7 Å². The highest BCUT2D eigenvalue weighted by atomic mass is 79.9. The van der Waals surface area contributed by atoms with Crippen LogP contribution in [-0.4, -0.2) is 25.5 Å². The monoisotopic (exact) mass is 374 g/mol. The molecule has 2 rings (SSSR count). The van der Waals surface area contributed by atoms with Crippen molar-refractivity contribution in [3.8, 4) is 0 Å². The number of benzene rings is 1. The zero-order valence-electron chi connectivity index (χ0n) is 12.5. The first-order valence-electron chi connectivity index (χ1n) is 7.37. The number of hydrogen-bond acceptors (Lipinski definition) is 2. The molecule has 1 aliphatic rings. The van der Waals surface area contributed by atoms with Crippen LogP contribution in [0.5, 0.6) is 0 Å².